The zero-order chi connectivity index (χ0) is 27.6. The second-order valence-electron chi connectivity index (χ2n) is 10.0. The molecule has 0 amide bonds. The molecule has 0 heterocycles. The van der Waals surface area contributed by atoms with Gasteiger partial charge in [-0.05, 0) is 69.1 Å². The number of unbranched alkanes of at least 4 members (excludes halogenated alkanes) is 6. The Morgan fingerprint density at radius 3 is 2.24 bits per heavy atom. The van der Waals surface area contributed by atoms with Crippen molar-refractivity contribution in [3.8, 4) is 11.5 Å². The molecule has 2 aromatic rings. The number of carboxylic acid groups (broad SMARTS) is 1. The van der Waals surface area contributed by atoms with Crippen molar-refractivity contribution in [1.29, 1.82) is 0 Å². The second-order valence-corrected chi connectivity index (χ2v) is 10.0. The number of esters is 1. The number of ether oxygens (including phenoxy) is 3. The van der Waals surface area contributed by atoms with Crippen LogP contribution in [0.15, 0.2) is 48.5 Å². The average Bonchev–Trinajstić information content (AvgIpc) is 2.90. The van der Waals surface area contributed by atoms with Crippen LogP contribution in [0.4, 0.5) is 0 Å². The normalized spacial score (nSPS) is 11.8. The van der Waals surface area contributed by atoms with Crippen molar-refractivity contribution >= 4 is 11.9 Å². The highest BCUT2D eigenvalue weighted by atomic mass is 16.6. The third-order valence-corrected chi connectivity index (χ3v) is 6.35. The van der Waals surface area contributed by atoms with Crippen molar-refractivity contribution in [2.75, 3.05) is 34.4 Å². The molecular formula is C31H45NO6. The van der Waals surface area contributed by atoms with Gasteiger partial charge in [0.2, 0.25) is 0 Å². The van der Waals surface area contributed by atoms with Crippen LogP contribution in [0.25, 0.3) is 0 Å². The molecule has 2 aromatic carbocycles. The number of likely N-dealkylation sites (N-methyl/N-ethyl adjacent to an activating group) is 1. The number of nitrogens with zero attached hydrogens (tertiary/aromatic N) is 1. The van der Waals surface area contributed by atoms with Crippen molar-refractivity contribution in [3.05, 3.63) is 59.7 Å². The van der Waals surface area contributed by atoms with Crippen molar-refractivity contribution in [2.45, 2.75) is 76.7 Å². The highest BCUT2D eigenvalue weighted by Gasteiger charge is 2.18. The molecule has 0 bridgehead atoms. The Kier molecular flexibility index (Phi) is 15.0. The summed E-state index contributed by atoms with van der Waals surface area (Å²) >= 11 is 0. The fourth-order valence-corrected chi connectivity index (χ4v) is 4.38. The largest absolute Gasteiger partial charge is 0.497 e. The number of carbonyl (C=O) groups excluding carboxylic acids is 1. The molecule has 0 radical (unpaired) electrons. The van der Waals surface area contributed by atoms with Gasteiger partial charge in [-0.3, -0.25) is 9.59 Å². The number of rotatable bonds is 20. The lowest BCUT2D eigenvalue weighted by Crippen LogP contribution is -2.35. The number of carboxylic acids is 1. The van der Waals surface area contributed by atoms with Crippen LogP contribution in [0.1, 0.15) is 68.9 Å². The van der Waals surface area contributed by atoms with E-state index in [-0.39, 0.29) is 19.4 Å². The van der Waals surface area contributed by atoms with E-state index >= 15 is 0 Å². The molecule has 1 atom stereocenters. The summed E-state index contributed by atoms with van der Waals surface area (Å²) in [5.74, 6) is 0.215. The van der Waals surface area contributed by atoms with E-state index in [0.29, 0.717) is 6.54 Å². The first kappa shape index (κ1) is 31.2. The fraction of sp³-hybridized carbons (Fsp3) is 0.548. The topological polar surface area (TPSA) is 85.3 Å². The van der Waals surface area contributed by atoms with Gasteiger partial charge in [0.1, 0.15) is 24.2 Å². The zero-order valence-electron chi connectivity index (χ0n) is 23.3. The fourth-order valence-electron chi connectivity index (χ4n) is 4.38. The van der Waals surface area contributed by atoms with E-state index in [1.165, 1.54) is 44.1 Å². The molecule has 7 nitrogen and oxygen atoms in total. The van der Waals surface area contributed by atoms with E-state index in [9.17, 15) is 9.59 Å². The third kappa shape index (κ3) is 13.5. The predicted molar refractivity (Wildman–Crippen MR) is 150 cm³/mol. The summed E-state index contributed by atoms with van der Waals surface area (Å²) in [4.78, 5) is 24.7. The lowest BCUT2D eigenvalue weighted by molar-refractivity contribution is -0.153. The summed E-state index contributed by atoms with van der Waals surface area (Å²) in [6.07, 6.45) is 9.72. The van der Waals surface area contributed by atoms with Gasteiger partial charge < -0.3 is 24.2 Å². The zero-order valence-corrected chi connectivity index (χ0v) is 23.3. The summed E-state index contributed by atoms with van der Waals surface area (Å²) in [6, 6.07) is 16.3. The number of aliphatic carboxylic acids is 1. The van der Waals surface area contributed by atoms with Crippen LogP contribution in [0, 0.1) is 0 Å². The predicted octanol–water partition coefficient (Wildman–Crippen LogP) is 5.93. The summed E-state index contributed by atoms with van der Waals surface area (Å²) in [5.41, 5.74) is 2.50. The maximum absolute atomic E-state index is 12.0. The molecule has 7 heteroatoms. The molecule has 0 aromatic heterocycles. The number of hydrogen-bond acceptors (Lipinski definition) is 6. The van der Waals surface area contributed by atoms with E-state index in [1.54, 1.807) is 7.11 Å². The third-order valence-electron chi connectivity index (χ3n) is 6.35. The average molecular weight is 528 g/mol. The Morgan fingerprint density at radius 2 is 1.55 bits per heavy atom. The first-order chi connectivity index (χ1) is 18.4. The molecular weight excluding hydrogens is 482 g/mol. The van der Waals surface area contributed by atoms with E-state index in [2.05, 4.69) is 24.3 Å². The van der Waals surface area contributed by atoms with Crippen LogP contribution in [0.2, 0.25) is 0 Å². The highest BCUT2D eigenvalue weighted by Crippen LogP contribution is 2.22. The molecule has 0 aliphatic heterocycles. The van der Waals surface area contributed by atoms with E-state index in [4.69, 9.17) is 19.3 Å². The van der Waals surface area contributed by atoms with Gasteiger partial charge in [-0.15, -0.1) is 0 Å². The van der Waals surface area contributed by atoms with Crippen molar-refractivity contribution < 1.29 is 28.9 Å². The van der Waals surface area contributed by atoms with Crippen LogP contribution >= 0.6 is 0 Å². The molecule has 2 rings (SSSR count). The molecule has 0 spiro atoms. The molecule has 0 fully saturated rings. The van der Waals surface area contributed by atoms with E-state index in [0.717, 1.165) is 36.3 Å². The van der Waals surface area contributed by atoms with Crippen LogP contribution in [0.3, 0.4) is 0 Å². The first-order valence-electron chi connectivity index (χ1n) is 13.8. The quantitative estimate of drug-likeness (QED) is 0.169. The van der Waals surface area contributed by atoms with Crippen LogP contribution in [-0.4, -0.2) is 62.4 Å². The number of carbonyl (C=O) groups is 2. The lowest BCUT2D eigenvalue weighted by Gasteiger charge is -2.22. The van der Waals surface area contributed by atoms with Crippen LogP contribution in [-0.2, 0) is 27.2 Å². The molecule has 1 N–H and O–H groups in total. The Hall–Kier alpha value is -3.06. The number of methoxy groups -OCH3 is 1. The molecule has 38 heavy (non-hydrogen) atoms. The Labute approximate surface area is 228 Å². The molecule has 210 valence electrons. The molecule has 0 saturated heterocycles. The molecule has 1 unspecified atom stereocenters. The molecule has 0 aliphatic carbocycles. The van der Waals surface area contributed by atoms with Gasteiger partial charge in [0.25, 0.3) is 0 Å². The second kappa shape index (κ2) is 18.2. The lowest BCUT2D eigenvalue weighted by atomic mass is 10.0. The number of para-hydroxylation sites is 1. The Bertz CT molecular complexity index is 961. The van der Waals surface area contributed by atoms with Gasteiger partial charge in [0.05, 0.1) is 20.0 Å². The smallest absolute Gasteiger partial charge is 0.306 e. The van der Waals surface area contributed by atoms with Gasteiger partial charge in [-0.25, -0.2) is 0 Å². The van der Waals surface area contributed by atoms with Crippen molar-refractivity contribution in [3.63, 3.8) is 0 Å². The van der Waals surface area contributed by atoms with Gasteiger partial charge in [-0.1, -0.05) is 62.4 Å². The summed E-state index contributed by atoms with van der Waals surface area (Å²) in [5, 5.41) is 8.79. The standard InChI is InChI=1S/C31H45NO6/c1-32(2)23-28(38-31(35)21-20-30(33)34)24-37-29-19-12-11-17-26(29)16-10-8-6-4-5-7-9-14-25-15-13-18-27(22-25)36-3/h11-13,15,17-19,22,28H,4-10,14,16,20-21,23-24H2,1-3H3,(H,33,34). The van der Waals surface area contributed by atoms with Crippen molar-refractivity contribution in [2.24, 2.45) is 0 Å². The van der Waals surface area contributed by atoms with Crippen LogP contribution < -0.4 is 9.47 Å². The van der Waals surface area contributed by atoms with E-state index in [1.807, 2.05) is 43.3 Å². The minimum absolute atomic E-state index is 0.141. The van der Waals surface area contributed by atoms with E-state index < -0.39 is 18.0 Å². The first-order valence-corrected chi connectivity index (χ1v) is 13.8. The van der Waals surface area contributed by atoms with Gasteiger partial charge in [0.15, 0.2) is 0 Å². The maximum atomic E-state index is 12.0. The molecule has 0 saturated carbocycles. The Balaban J connectivity index is 1.67. The number of aryl methyl sites for hydroxylation is 2. The van der Waals surface area contributed by atoms with Crippen molar-refractivity contribution in [1.82, 2.24) is 4.90 Å². The summed E-state index contributed by atoms with van der Waals surface area (Å²) in [7, 11) is 5.50. The maximum Gasteiger partial charge on any atom is 0.306 e. The Morgan fingerprint density at radius 1 is 0.868 bits per heavy atom. The van der Waals surface area contributed by atoms with Crippen LogP contribution in [0.5, 0.6) is 11.5 Å². The summed E-state index contributed by atoms with van der Waals surface area (Å²) < 4.78 is 16.9. The molecule has 0 aliphatic rings. The summed E-state index contributed by atoms with van der Waals surface area (Å²) in [6.45, 7) is 0.726. The minimum Gasteiger partial charge on any atom is -0.497 e. The highest BCUT2D eigenvalue weighted by molar-refractivity contribution is 5.76. The number of benzene rings is 2. The van der Waals surface area contributed by atoms with Gasteiger partial charge in [-0.2, -0.15) is 0 Å². The monoisotopic (exact) mass is 527 g/mol. The number of hydrogen-bond donors (Lipinski definition) is 1. The SMILES string of the molecule is COc1cccc(CCCCCCCCCc2ccccc2OCC(CN(C)C)OC(=O)CCC(=O)O)c1. The van der Waals surface area contributed by atoms with Gasteiger partial charge >= 0.3 is 11.9 Å². The van der Waals surface area contributed by atoms with Gasteiger partial charge in [0, 0.05) is 6.54 Å². The minimum atomic E-state index is -1.01.